The fraction of sp³-hybridized carbons (Fsp3) is 0.400. The van der Waals surface area contributed by atoms with Crippen molar-refractivity contribution in [3.63, 3.8) is 0 Å². The average molecular weight is 329 g/mol. The summed E-state index contributed by atoms with van der Waals surface area (Å²) in [7, 11) is 0. The van der Waals surface area contributed by atoms with Crippen molar-refractivity contribution in [1.29, 1.82) is 0 Å². The molecule has 0 saturated heterocycles. The van der Waals surface area contributed by atoms with Crippen molar-refractivity contribution in [2.75, 3.05) is 6.61 Å². The SMILES string of the molecule is CCOC(=O)c1ncc(CCl)c(Br)c1C(F)F. The Balaban J connectivity index is 3.31. The number of halogens is 4. The van der Waals surface area contributed by atoms with Gasteiger partial charge in [-0.05, 0) is 28.4 Å². The third-order valence-corrected chi connectivity index (χ3v) is 3.18. The molecule has 3 nitrogen and oxygen atoms in total. The van der Waals surface area contributed by atoms with Crippen molar-refractivity contribution in [3.05, 3.63) is 27.5 Å². The Labute approximate surface area is 110 Å². The monoisotopic (exact) mass is 327 g/mol. The zero-order valence-corrected chi connectivity index (χ0v) is 11.2. The van der Waals surface area contributed by atoms with Crippen LogP contribution in [0.4, 0.5) is 8.78 Å². The van der Waals surface area contributed by atoms with Crippen molar-refractivity contribution in [2.24, 2.45) is 0 Å². The van der Waals surface area contributed by atoms with Gasteiger partial charge in [-0.2, -0.15) is 0 Å². The van der Waals surface area contributed by atoms with Crippen LogP contribution < -0.4 is 0 Å². The first-order valence-electron chi connectivity index (χ1n) is 4.71. The lowest BCUT2D eigenvalue weighted by atomic mass is 10.1. The van der Waals surface area contributed by atoms with E-state index in [2.05, 4.69) is 25.7 Å². The zero-order chi connectivity index (χ0) is 13.0. The first kappa shape index (κ1) is 14.3. The first-order chi connectivity index (χ1) is 8.02. The molecule has 0 aliphatic rings. The minimum Gasteiger partial charge on any atom is -0.461 e. The van der Waals surface area contributed by atoms with Gasteiger partial charge in [0, 0.05) is 10.7 Å². The highest BCUT2D eigenvalue weighted by Crippen LogP contribution is 2.33. The van der Waals surface area contributed by atoms with Crippen LogP contribution >= 0.6 is 27.5 Å². The summed E-state index contributed by atoms with van der Waals surface area (Å²) >= 11 is 8.57. The first-order valence-corrected chi connectivity index (χ1v) is 6.04. The zero-order valence-electron chi connectivity index (χ0n) is 8.84. The van der Waals surface area contributed by atoms with Crippen molar-refractivity contribution < 1.29 is 18.3 Å². The van der Waals surface area contributed by atoms with E-state index in [0.29, 0.717) is 5.56 Å². The number of aromatic nitrogens is 1. The van der Waals surface area contributed by atoms with Gasteiger partial charge in [0.15, 0.2) is 5.69 Å². The molecule has 0 aromatic carbocycles. The number of hydrogen-bond acceptors (Lipinski definition) is 3. The van der Waals surface area contributed by atoms with E-state index in [-0.39, 0.29) is 22.7 Å². The third kappa shape index (κ3) is 3.13. The average Bonchev–Trinajstić information content (AvgIpc) is 2.28. The smallest absolute Gasteiger partial charge is 0.357 e. The Kier molecular flexibility index (Phi) is 5.27. The molecule has 0 unspecified atom stereocenters. The standard InChI is InChI=1S/C10H9BrClF2NO2/c1-2-17-10(16)8-6(9(13)14)7(11)5(3-12)4-15-8/h4,9H,2-3H2,1H3. The number of nitrogens with zero attached hydrogens (tertiary/aromatic N) is 1. The molecule has 0 amide bonds. The quantitative estimate of drug-likeness (QED) is 0.625. The van der Waals surface area contributed by atoms with E-state index in [1.807, 2.05) is 0 Å². The van der Waals surface area contributed by atoms with Gasteiger partial charge in [0.05, 0.1) is 18.1 Å². The Morgan fingerprint density at radius 3 is 2.76 bits per heavy atom. The van der Waals surface area contributed by atoms with Crippen LogP contribution in [0, 0.1) is 0 Å². The molecule has 1 heterocycles. The van der Waals surface area contributed by atoms with E-state index in [0.717, 1.165) is 0 Å². The fourth-order valence-corrected chi connectivity index (χ4v) is 2.17. The van der Waals surface area contributed by atoms with Crippen LogP contribution in [0.2, 0.25) is 0 Å². The summed E-state index contributed by atoms with van der Waals surface area (Å²) in [5, 5.41) is 0. The number of hydrogen-bond donors (Lipinski definition) is 0. The lowest BCUT2D eigenvalue weighted by molar-refractivity contribution is 0.0507. The summed E-state index contributed by atoms with van der Waals surface area (Å²) in [5.74, 6) is -0.847. The van der Waals surface area contributed by atoms with Crippen molar-refractivity contribution >= 4 is 33.5 Å². The van der Waals surface area contributed by atoms with E-state index >= 15 is 0 Å². The van der Waals surface area contributed by atoms with Gasteiger partial charge in [0.25, 0.3) is 6.43 Å². The number of rotatable bonds is 4. The Morgan fingerprint density at radius 1 is 1.65 bits per heavy atom. The van der Waals surface area contributed by atoms with Crippen LogP contribution in [0.3, 0.4) is 0 Å². The molecular formula is C10H9BrClF2NO2. The second kappa shape index (κ2) is 6.26. The normalized spacial score (nSPS) is 10.7. The second-order valence-corrected chi connectivity index (χ2v) is 4.07. The lowest BCUT2D eigenvalue weighted by Crippen LogP contribution is -2.12. The molecule has 0 fully saturated rings. The second-order valence-electron chi connectivity index (χ2n) is 3.01. The van der Waals surface area contributed by atoms with Gasteiger partial charge in [-0.1, -0.05) is 0 Å². The molecule has 0 atom stereocenters. The predicted octanol–water partition coefficient (Wildman–Crippen LogP) is 3.70. The molecule has 0 N–H and O–H groups in total. The largest absolute Gasteiger partial charge is 0.461 e. The Bertz CT molecular complexity index is 429. The van der Waals surface area contributed by atoms with Crippen LogP contribution in [0.15, 0.2) is 10.7 Å². The minimum atomic E-state index is -2.83. The van der Waals surface area contributed by atoms with Crippen LogP contribution in [-0.4, -0.2) is 17.6 Å². The highest BCUT2D eigenvalue weighted by atomic mass is 79.9. The summed E-state index contributed by atoms with van der Waals surface area (Å²) in [6, 6.07) is 0. The van der Waals surface area contributed by atoms with E-state index in [1.54, 1.807) is 6.92 Å². The molecule has 1 rings (SSSR count). The van der Waals surface area contributed by atoms with Gasteiger partial charge >= 0.3 is 5.97 Å². The summed E-state index contributed by atoms with van der Waals surface area (Å²) in [4.78, 5) is 15.1. The summed E-state index contributed by atoms with van der Waals surface area (Å²) in [6.45, 7) is 1.68. The third-order valence-electron chi connectivity index (χ3n) is 1.95. The maximum Gasteiger partial charge on any atom is 0.357 e. The molecule has 17 heavy (non-hydrogen) atoms. The molecule has 0 saturated carbocycles. The molecule has 0 aliphatic heterocycles. The van der Waals surface area contributed by atoms with Crippen molar-refractivity contribution in [3.8, 4) is 0 Å². The van der Waals surface area contributed by atoms with Crippen LogP contribution in [0.1, 0.15) is 35.0 Å². The van der Waals surface area contributed by atoms with E-state index in [4.69, 9.17) is 11.6 Å². The van der Waals surface area contributed by atoms with Crippen LogP contribution in [0.5, 0.6) is 0 Å². The Hall–Kier alpha value is -0.750. The number of esters is 1. The summed E-state index contributed by atoms with van der Waals surface area (Å²) in [6.07, 6.45) is -1.56. The number of alkyl halides is 3. The number of pyridine rings is 1. The molecule has 1 aromatic heterocycles. The van der Waals surface area contributed by atoms with Gasteiger partial charge in [0.2, 0.25) is 0 Å². The number of carbonyl (C=O) groups is 1. The van der Waals surface area contributed by atoms with Gasteiger partial charge in [-0.25, -0.2) is 18.6 Å². The van der Waals surface area contributed by atoms with E-state index in [9.17, 15) is 13.6 Å². The summed E-state index contributed by atoms with van der Waals surface area (Å²) in [5.41, 5.74) is -0.473. The van der Waals surface area contributed by atoms with E-state index < -0.39 is 18.0 Å². The molecule has 0 radical (unpaired) electrons. The predicted molar refractivity (Wildman–Crippen MR) is 62.4 cm³/mol. The van der Waals surface area contributed by atoms with Crippen LogP contribution in [0.25, 0.3) is 0 Å². The highest BCUT2D eigenvalue weighted by Gasteiger charge is 2.25. The molecule has 0 aliphatic carbocycles. The molecule has 7 heteroatoms. The molecule has 0 spiro atoms. The number of carbonyl (C=O) groups excluding carboxylic acids is 1. The van der Waals surface area contributed by atoms with Crippen LogP contribution in [-0.2, 0) is 10.6 Å². The molecule has 0 bridgehead atoms. The number of ether oxygens (including phenoxy) is 1. The van der Waals surface area contributed by atoms with Gasteiger partial charge in [-0.15, -0.1) is 11.6 Å². The Morgan fingerprint density at radius 2 is 2.29 bits per heavy atom. The van der Waals surface area contributed by atoms with Gasteiger partial charge in [-0.3, -0.25) is 0 Å². The molecular weight excluding hydrogens is 319 g/mol. The molecule has 1 aromatic rings. The fourth-order valence-electron chi connectivity index (χ4n) is 1.20. The lowest BCUT2D eigenvalue weighted by Gasteiger charge is -2.11. The van der Waals surface area contributed by atoms with Gasteiger partial charge in [0.1, 0.15) is 0 Å². The van der Waals surface area contributed by atoms with E-state index in [1.165, 1.54) is 6.20 Å². The topological polar surface area (TPSA) is 39.2 Å². The highest BCUT2D eigenvalue weighted by molar-refractivity contribution is 9.10. The maximum absolute atomic E-state index is 12.9. The summed E-state index contributed by atoms with van der Waals surface area (Å²) < 4.78 is 30.5. The van der Waals surface area contributed by atoms with Crippen molar-refractivity contribution in [1.82, 2.24) is 4.98 Å². The minimum absolute atomic E-state index is 0.0242. The molecule has 94 valence electrons. The van der Waals surface area contributed by atoms with Crippen molar-refractivity contribution in [2.45, 2.75) is 19.2 Å². The maximum atomic E-state index is 12.9. The van der Waals surface area contributed by atoms with Gasteiger partial charge < -0.3 is 4.74 Å².